The predicted molar refractivity (Wildman–Crippen MR) is 92.8 cm³/mol. The number of carboxylic acid groups (broad SMARTS) is 1. The van der Waals surface area contributed by atoms with Gasteiger partial charge in [-0.2, -0.15) is 5.26 Å². The van der Waals surface area contributed by atoms with Crippen LogP contribution in [0.25, 0.3) is 5.52 Å². The van der Waals surface area contributed by atoms with Gasteiger partial charge in [-0.05, 0) is 63.1 Å². The number of hydrogen-bond acceptors (Lipinski definition) is 3. The van der Waals surface area contributed by atoms with Gasteiger partial charge in [0.1, 0.15) is 5.82 Å². The molecule has 2 aromatic rings. The second kappa shape index (κ2) is 5.55. The van der Waals surface area contributed by atoms with E-state index in [-0.39, 0.29) is 22.9 Å². The van der Waals surface area contributed by atoms with E-state index in [4.69, 9.17) is 4.74 Å². The van der Waals surface area contributed by atoms with Gasteiger partial charge in [0.25, 0.3) is 0 Å². The van der Waals surface area contributed by atoms with E-state index in [1.807, 2.05) is 13.8 Å². The van der Waals surface area contributed by atoms with Crippen LogP contribution in [0, 0.1) is 17.1 Å². The van der Waals surface area contributed by atoms with Crippen LogP contribution in [0.15, 0.2) is 18.3 Å². The normalized spacial score (nSPS) is 23.5. The Labute approximate surface area is 151 Å². The summed E-state index contributed by atoms with van der Waals surface area (Å²) < 4.78 is 22.3. The summed E-state index contributed by atoms with van der Waals surface area (Å²) >= 11 is 0. The van der Waals surface area contributed by atoms with Crippen LogP contribution in [0.3, 0.4) is 0 Å². The number of halogens is 1. The number of aromatic carboxylic acids is 1. The van der Waals surface area contributed by atoms with E-state index < -0.39 is 11.4 Å². The minimum absolute atomic E-state index is 0.0289. The largest absolute Gasteiger partial charge is 0.478 e. The lowest BCUT2D eigenvalue weighted by atomic mass is 9.83. The van der Waals surface area contributed by atoms with Gasteiger partial charge in [-0.15, -0.1) is 0 Å². The van der Waals surface area contributed by atoms with Crippen LogP contribution in [0.1, 0.15) is 67.1 Å². The minimum atomic E-state index is -1.08. The fourth-order valence-corrected chi connectivity index (χ4v) is 4.20. The number of fused-ring (bicyclic) bond motifs is 1. The molecule has 1 saturated heterocycles. The highest BCUT2D eigenvalue weighted by molar-refractivity contribution is 5.92. The molecule has 5 nitrogen and oxygen atoms in total. The zero-order chi connectivity index (χ0) is 18.7. The van der Waals surface area contributed by atoms with Gasteiger partial charge in [0, 0.05) is 18.3 Å². The van der Waals surface area contributed by atoms with Crippen LogP contribution in [0.5, 0.6) is 0 Å². The summed E-state index contributed by atoms with van der Waals surface area (Å²) in [5.41, 5.74) is 0.596. The van der Waals surface area contributed by atoms with Gasteiger partial charge in [0.2, 0.25) is 0 Å². The molecule has 0 radical (unpaired) electrons. The van der Waals surface area contributed by atoms with Gasteiger partial charge in [0.05, 0.1) is 28.3 Å². The molecule has 2 aliphatic rings. The fraction of sp³-hybridized carbons (Fsp3) is 0.500. The molecule has 0 spiro atoms. The molecule has 0 aromatic carbocycles. The number of rotatable bonds is 3. The number of hydrogen-bond donors (Lipinski definition) is 1. The average Bonchev–Trinajstić information content (AvgIpc) is 3.27. The number of aromatic nitrogens is 1. The van der Waals surface area contributed by atoms with Gasteiger partial charge in [-0.1, -0.05) is 0 Å². The smallest absolute Gasteiger partial charge is 0.337 e. The van der Waals surface area contributed by atoms with E-state index >= 15 is 0 Å². The van der Waals surface area contributed by atoms with E-state index in [0.717, 1.165) is 6.42 Å². The number of ether oxygens (including phenoxy) is 1. The van der Waals surface area contributed by atoms with Crippen LogP contribution >= 0.6 is 0 Å². The third kappa shape index (κ3) is 2.58. The van der Waals surface area contributed by atoms with Crippen molar-refractivity contribution in [2.24, 2.45) is 0 Å². The first-order chi connectivity index (χ1) is 12.3. The Balaban J connectivity index is 1.86. The molecule has 0 bridgehead atoms. The highest BCUT2D eigenvalue weighted by Gasteiger charge is 2.49. The van der Waals surface area contributed by atoms with Crippen molar-refractivity contribution in [2.75, 3.05) is 6.61 Å². The van der Waals surface area contributed by atoms with E-state index in [1.54, 1.807) is 16.5 Å². The van der Waals surface area contributed by atoms with Crippen LogP contribution in [0.4, 0.5) is 4.39 Å². The standard InChI is InChI=1S/C20H21FN2O3/c1-19(2)9-12(3-6-26-19)14-7-13-8-15(18(24)25)17(20(11-22)4-5-20)23(13)10-16(14)21/h7-8,10,12H,3-6,9H2,1-2H3,(H,24,25)/t12-/m0/s1. The van der Waals surface area contributed by atoms with Crippen molar-refractivity contribution in [1.82, 2.24) is 4.40 Å². The maximum Gasteiger partial charge on any atom is 0.337 e. The highest BCUT2D eigenvalue weighted by atomic mass is 19.1. The maximum absolute atomic E-state index is 15.0. The maximum atomic E-state index is 15.0. The Bertz CT molecular complexity index is 950. The topological polar surface area (TPSA) is 74.7 Å². The zero-order valence-corrected chi connectivity index (χ0v) is 14.9. The van der Waals surface area contributed by atoms with Gasteiger partial charge in [-0.25, -0.2) is 9.18 Å². The Hall–Kier alpha value is -2.39. The van der Waals surface area contributed by atoms with Crippen LogP contribution in [-0.4, -0.2) is 27.7 Å². The lowest BCUT2D eigenvalue weighted by molar-refractivity contribution is -0.0596. The van der Waals surface area contributed by atoms with Gasteiger partial charge >= 0.3 is 5.97 Å². The molecule has 2 fully saturated rings. The van der Waals surface area contributed by atoms with E-state index in [2.05, 4.69) is 6.07 Å². The summed E-state index contributed by atoms with van der Waals surface area (Å²) in [6.07, 6.45) is 4.01. The average molecular weight is 356 g/mol. The number of nitrogens with zero attached hydrogens (tertiary/aromatic N) is 2. The molecule has 0 unspecified atom stereocenters. The van der Waals surface area contributed by atoms with E-state index in [9.17, 15) is 19.6 Å². The number of nitriles is 1. The summed E-state index contributed by atoms with van der Waals surface area (Å²) in [5, 5.41) is 19.1. The van der Waals surface area contributed by atoms with Crippen molar-refractivity contribution >= 4 is 11.5 Å². The van der Waals surface area contributed by atoms with Crippen molar-refractivity contribution in [1.29, 1.82) is 5.26 Å². The van der Waals surface area contributed by atoms with Crippen LogP contribution < -0.4 is 0 Å². The molecule has 1 atom stereocenters. The van der Waals surface area contributed by atoms with Gasteiger partial charge in [0.15, 0.2) is 0 Å². The summed E-state index contributed by atoms with van der Waals surface area (Å²) in [7, 11) is 0. The molecule has 6 heteroatoms. The Morgan fingerprint density at radius 3 is 2.73 bits per heavy atom. The first-order valence-corrected chi connectivity index (χ1v) is 8.90. The molecule has 0 amide bonds. The van der Waals surface area contributed by atoms with E-state index in [1.165, 1.54) is 6.20 Å². The third-order valence-electron chi connectivity index (χ3n) is 5.67. The highest BCUT2D eigenvalue weighted by Crippen LogP contribution is 2.50. The summed E-state index contributed by atoms with van der Waals surface area (Å²) in [6, 6.07) is 5.53. The lowest BCUT2D eigenvalue weighted by Crippen LogP contribution is -2.33. The van der Waals surface area contributed by atoms with Gasteiger partial charge < -0.3 is 14.2 Å². The fourth-order valence-electron chi connectivity index (χ4n) is 4.20. The molecule has 1 saturated carbocycles. The Morgan fingerprint density at radius 2 is 2.15 bits per heavy atom. The van der Waals surface area contributed by atoms with Crippen LogP contribution in [0.2, 0.25) is 0 Å². The molecule has 1 N–H and O–H groups in total. The molecule has 3 heterocycles. The molecular formula is C20H21FN2O3. The number of carboxylic acids is 1. The Kier molecular flexibility index (Phi) is 3.64. The Morgan fingerprint density at radius 1 is 1.42 bits per heavy atom. The third-order valence-corrected chi connectivity index (χ3v) is 5.67. The molecule has 26 heavy (non-hydrogen) atoms. The minimum Gasteiger partial charge on any atom is -0.478 e. The second-order valence-corrected chi connectivity index (χ2v) is 8.08. The van der Waals surface area contributed by atoms with Crippen molar-refractivity contribution in [3.63, 3.8) is 0 Å². The quantitative estimate of drug-likeness (QED) is 0.902. The van der Waals surface area contributed by atoms with Gasteiger partial charge in [-0.3, -0.25) is 0 Å². The SMILES string of the molecule is CC1(C)C[C@@H](c2cc3cc(C(=O)O)c(C4(C#N)CC4)n3cc2F)CCO1. The summed E-state index contributed by atoms with van der Waals surface area (Å²) in [6.45, 7) is 4.57. The summed E-state index contributed by atoms with van der Waals surface area (Å²) in [5.74, 6) is -1.41. The predicted octanol–water partition coefficient (Wildman–Crippen LogP) is 4.00. The molecule has 1 aliphatic carbocycles. The number of carbonyl (C=O) groups is 1. The molecule has 1 aliphatic heterocycles. The second-order valence-electron chi connectivity index (χ2n) is 8.08. The van der Waals surface area contributed by atoms with Crippen molar-refractivity contribution in [2.45, 2.75) is 56.5 Å². The monoisotopic (exact) mass is 356 g/mol. The first kappa shape index (κ1) is 17.0. The first-order valence-electron chi connectivity index (χ1n) is 8.90. The zero-order valence-electron chi connectivity index (χ0n) is 14.9. The lowest BCUT2D eigenvalue weighted by Gasteiger charge is -2.35. The van der Waals surface area contributed by atoms with Crippen molar-refractivity contribution in [3.8, 4) is 6.07 Å². The summed E-state index contributed by atoms with van der Waals surface area (Å²) in [4.78, 5) is 11.7. The van der Waals surface area contributed by atoms with Crippen LogP contribution in [-0.2, 0) is 10.2 Å². The molecule has 2 aromatic heterocycles. The molecule has 136 valence electrons. The molecular weight excluding hydrogens is 335 g/mol. The van der Waals surface area contributed by atoms with E-state index in [0.29, 0.717) is 42.6 Å². The molecule has 4 rings (SSSR count). The number of pyridine rings is 1. The van der Waals surface area contributed by atoms with Crippen molar-refractivity contribution < 1.29 is 19.0 Å². The van der Waals surface area contributed by atoms with Crippen molar-refractivity contribution in [3.05, 3.63) is 41.0 Å².